The number of nitrogen functional groups attached to an aromatic ring is 1. The third-order valence-electron chi connectivity index (χ3n) is 6.13. The van der Waals surface area contributed by atoms with Crippen LogP contribution in [-0.2, 0) is 14.3 Å². The Morgan fingerprint density at radius 1 is 1.18 bits per heavy atom. The molecule has 184 valence electrons. The number of aromatic amines is 1. The number of carbonyl (C=O) groups excluding carboxylic acids is 1. The van der Waals surface area contributed by atoms with Gasteiger partial charge in [-0.05, 0) is 11.8 Å². The van der Waals surface area contributed by atoms with Gasteiger partial charge in [-0.3, -0.25) is 10.1 Å². The van der Waals surface area contributed by atoms with Gasteiger partial charge in [0.1, 0.15) is 30.1 Å². The number of hydrogen-bond donors (Lipinski definition) is 7. The second kappa shape index (κ2) is 10.3. The smallest absolute Gasteiger partial charge is 0.323 e. The van der Waals surface area contributed by atoms with E-state index in [1.807, 2.05) is 13.8 Å². The lowest BCUT2D eigenvalue weighted by Crippen LogP contribution is -2.49. The predicted molar refractivity (Wildman–Crippen MR) is 121 cm³/mol. The number of rotatable bonds is 9. The molecular weight excluding hydrogens is 430 g/mol. The molecule has 3 rings (SSSR count). The molecule has 0 spiro atoms. The lowest BCUT2D eigenvalue weighted by molar-refractivity contribution is -0.192. The SMILES string of the molecule is CC(C)[C@H](N)C(O)O[C@@H]1[C@H](OC(=O)[C@@H](N)C(C)C)[C@@H](CO)N[C@H]1c1c[nH]c2c(N)ncnc12. The van der Waals surface area contributed by atoms with Crippen LogP contribution in [0.2, 0.25) is 0 Å². The Hall–Kier alpha value is -2.35. The fourth-order valence-electron chi connectivity index (χ4n) is 3.85. The monoisotopic (exact) mass is 465 g/mol. The van der Waals surface area contributed by atoms with Crippen LogP contribution in [-0.4, -0.2) is 74.4 Å². The van der Waals surface area contributed by atoms with Gasteiger partial charge in [0, 0.05) is 11.8 Å². The van der Waals surface area contributed by atoms with Gasteiger partial charge in [0.2, 0.25) is 0 Å². The Morgan fingerprint density at radius 3 is 2.48 bits per heavy atom. The van der Waals surface area contributed by atoms with E-state index in [2.05, 4.69) is 20.3 Å². The van der Waals surface area contributed by atoms with Gasteiger partial charge in [0.05, 0.1) is 30.2 Å². The third-order valence-corrected chi connectivity index (χ3v) is 6.13. The number of esters is 1. The maximum Gasteiger partial charge on any atom is 0.323 e. The summed E-state index contributed by atoms with van der Waals surface area (Å²) in [5.74, 6) is -0.578. The Labute approximate surface area is 192 Å². The molecule has 1 unspecified atom stereocenters. The summed E-state index contributed by atoms with van der Waals surface area (Å²) in [6.07, 6.45) is -0.166. The van der Waals surface area contributed by atoms with Crippen molar-refractivity contribution >= 4 is 22.8 Å². The highest BCUT2D eigenvalue weighted by molar-refractivity contribution is 5.87. The fourth-order valence-corrected chi connectivity index (χ4v) is 3.85. The number of nitrogens with two attached hydrogens (primary N) is 3. The molecule has 2 aromatic rings. The molecule has 10 N–H and O–H groups in total. The topological polar surface area (TPSA) is 208 Å². The van der Waals surface area contributed by atoms with Gasteiger partial charge in [-0.1, -0.05) is 27.7 Å². The van der Waals surface area contributed by atoms with Crippen molar-refractivity contribution in [2.75, 3.05) is 12.3 Å². The van der Waals surface area contributed by atoms with Crippen molar-refractivity contribution in [2.24, 2.45) is 23.3 Å². The normalized spacial score (nSPS) is 26.1. The maximum absolute atomic E-state index is 12.7. The third kappa shape index (κ3) is 5.10. The van der Waals surface area contributed by atoms with E-state index in [9.17, 15) is 15.0 Å². The summed E-state index contributed by atoms with van der Waals surface area (Å²) in [5.41, 5.74) is 19.8. The molecule has 1 fully saturated rings. The van der Waals surface area contributed by atoms with E-state index in [-0.39, 0.29) is 24.3 Å². The molecule has 1 saturated heterocycles. The van der Waals surface area contributed by atoms with Crippen LogP contribution < -0.4 is 22.5 Å². The van der Waals surface area contributed by atoms with Crippen LogP contribution in [0.25, 0.3) is 11.0 Å². The van der Waals surface area contributed by atoms with Crippen LogP contribution in [0.15, 0.2) is 12.5 Å². The molecule has 12 heteroatoms. The molecule has 1 aliphatic heterocycles. The number of hydrogen-bond acceptors (Lipinski definition) is 11. The molecule has 1 aliphatic rings. The first-order chi connectivity index (χ1) is 15.6. The van der Waals surface area contributed by atoms with E-state index in [1.54, 1.807) is 20.0 Å². The first kappa shape index (κ1) is 25.3. The molecule has 33 heavy (non-hydrogen) atoms. The number of aromatic nitrogens is 3. The lowest BCUT2D eigenvalue weighted by atomic mass is 10.00. The highest BCUT2D eigenvalue weighted by Gasteiger charge is 2.49. The van der Waals surface area contributed by atoms with Gasteiger partial charge >= 0.3 is 5.97 Å². The fraction of sp³-hybridized carbons (Fsp3) is 0.667. The Balaban J connectivity index is 1.99. The summed E-state index contributed by atoms with van der Waals surface area (Å²) in [7, 11) is 0. The average Bonchev–Trinajstić information content (AvgIpc) is 3.34. The zero-order valence-electron chi connectivity index (χ0n) is 19.3. The molecule has 12 nitrogen and oxygen atoms in total. The zero-order chi connectivity index (χ0) is 24.4. The van der Waals surface area contributed by atoms with E-state index < -0.39 is 48.6 Å². The van der Waals surface area contributed by atoms with Crippen LogP contribution in [0.3, 0.4) is 0 Å². The largest absolute Gasteiger partial charge is 0.457 e. The standard InChI is InChI=1S/C21H35N7O5/c1-8(2)12(22)20(30)32-17-11(6-29)28-15(18(17)33-21(31)13(23)9(3)4)10-5-25-16-14(10)26-7-27-19(16)24/h5,7-9,11-13,15,17-18,21,25,28-29,31H,6,22-23H2,1-4H3,(H2,24,26,27)/t11-,12+,13+,15+,17-,18+,21?/m1/s1. The number of aliphatic hydroxyl groups excluding tert-OH is 2. The first-order valence-electron chi connectivity index (χ1n) is 11.1. The molecule has 0 aromatic carbocycles. The van der Waals surface area contributed by atoms with Crippen LogP contribution in [0.5, 0.6) is 0 Å². The minimum absolute atomic E-state index is 0.0718. The molecule has 0 amide bonds. The number of H-pyrrole nitrogens is 1. The summed E-state index contributed by atoms with van der Waals surface area (Å²) in [6, 6.07) is -2.84. The summed E-state index contributed by atoms with van der Waals surface area (Å²) in [6.45, 7) is 6.98. The number of aliphatic hydroxyl groups is 2. The van der Waals surface area contributed by atoms with Crippen molar-refractivity contribution in [3.63, 3.8) is 0 Å². The van der Waals surface area contributed by atoms with E-state index in [0.717, 1.165) is 0 Å². The molecule has 0 bridgehead atoms. The Bertz CT molecular complexity index is 952. The molecule has 0 radical (unpaired) electrons. The highest BCUT2D eigenvalue weighted by atomic mass is 16.6. The van der Waals surface area contributed by atoms with Gasteiger partial charge in [-0.2, -0.15) is 0 Å². The minimum atomic E-state index is -1.35. The van der Waals surface area contributed by atoms with Crippen molar-refractivity contribution in [1.82, 2.24) is 20.3 Å². The van der Waals surface area contributed by atoms with Crippen molar-refractivity contribution in [2.45, 2.75) is 70.4 Å². The van der Waals surface area contributed by atoms with Crippen molar-refractivity contribution in [3.05, 3.63) is 18.1 Å². The van der Waals surface area contributed by atoms with E-state index in [4.69, 9.17) is 26.7 Å². The predicted octanol–water partition coefficient (Wildman–Crippen LogP) is -0.873. The number of carbonyl (C=O) groups is 1. The quantitative estimate of drug-likeness (QED) is 0.179. The van der Waals surface area contributed by atoms with Gasteiger partial charge in [0.15, 0.2) is 12.1 Å². The summed E-state index contributed by atoms with van der Waals surface area (Å²) in [5, 5.41) is 23.9. The van der Waals surface area contributed by atoms with Crippen LogP contribution >= 0.6 is 0 Å². The molecule has 0 aliphatic carbocycles. The molecule has 0 saturated carbocycles. The number of fused-ring (bicyclic) bond motifs is 1. The van der Waals surface area contributed by atoms with E-state index in [0.29, 0.717) is 16.6 Å². The average molecular weight is 466 g/mol. The van der Waals surface area contributed by atoms with Gasteiger partial charge in [-0.25, -0.2) is 9.97 Å². The molecule has 2 aromatic heterocycles. The highest BCUT2D eigenvalue weighted by Crippen LogP contribution is 2.36. The molecule has 7 atom stereocenters. The van der Waals surface area contributed by atoms with Gasteiger partial charge in [-0.15, -0.1) is 0 Å². The van der Waals surface area contributed by atoms with E-state index in [1.165, 1.54) is 6.33 Å². The van der Waals surface area contributed by atoms with Crippen molar-refractivity contribution < 1.29 is 24.5 Å². The van der Waals surface area contributed by atoms with Gasteiger partial charge in [0.25, 0.3) is 0 Å². The number of anilines is 1. The number of nitrogens with zero attached hydrogens (tertiary/aromatic N) is 2. The number of nitrogens with one attached hydrogen (secondary N) is 2. The summed E-state index contributed by atoms with van der Waals surface area (Å²) >= 11 is 0. The second-order valence-electron chi connectivity index (χ2n) is 9.14. The van der Waals surface area contributed by atoms with Crippen molar-refractivity contribution in [3.8, 4) is 0 Å². The van der Waals surface area contributed by atoms with Crippen LogP contribution in [0.1, 0.15) is 39.3 Å². The van der Waals surface area contributed by atoms with Gasteiger partial charge < -0.3 is 41.9 Å². The Kier molecular flexibility index (Phi) is 7.88. The first-order valence-corrected chi connectivity index (χ1v) is 11.1. The van der Waals surface area contributed by atoms with E-state index >= 15 is 0 Å². The molecule has 3 heterocycles. The Morgan fingerprint density at radius 2 is 1.88 bits per heavy atom. The van der Waals surface area contributed by atoms with Crippen LogP contribution in [0, 0.1) is 11.8 Å². The minimum Gasteiger partial charge on any atom is -0.457 e. The zero-order valence-corrected chi connectivity index (χ0v) is 19.3. The lowest BCUT2D eigenvalue weighted by Gasteiger charge is -2.31. The van der Waals surface area contributed by atoms with Crippen molar-refractivity contribution in [1.29, 1.82) is 0 Å². The second-order valence-corrected chi connectivity index (χ2v) is 9.14. The molecular formula is C21H35N7O5. The number of ether oxygens (including phenoxy) is 2. The maximum atomic E-state index is 12.7. The van der Waals surface area contributed by atoms with Crippen LogP contribution in [0.4, 0.5) is 5.82 Å². The summed E-state index contributed by atoms with van der Waals surface area (Å²) < 4.78 is 11.7. The summed E-state index contributed by atoms with van der Waals surface area (Å²) in [4.78, 5) is 24.0.